The van der Waals surface area contributed by atoms with E-state index < -0.39 is 17.3 Å². The Kier molecular flexibility index (Phi) is 3.11. The maximum atomic E-state index is 12.5. The summed E-state index contributed by atoms with van der Waals surface area (Å²) in [6.07, 6.45) is 0. The number of nitrogens with zero attached hydrogens (tertiary/aromatic N) is 2. The van der Waals surface area contributed by atoms with Crippen molar-refractivity contribution in [2.75, 3.05) is 6.54 Å². The van der Waals surface area contributed by atoms with Gasteiger partial charge in [0.05, 0.1) is 0 Å². The molecular weight excluding hydrogens is 191 g/mol. The molecule has 1 N–H and O–H groups in total. The quantitative estimate of drug-likeness (QED) is 0.344. The summed E-state index contributed by atoms with van der Waals surface area (Å²) < 4.78 is 12.5. The summed E-state index contributed by atoms with van der Waals surface area (Å²) in [6, 6.07) is 4.91. The third kappa shape index (κ3) is 2.51. The first-order valence-electron chi connectivity index (χ1n) is 3.72. The maximum absolute atomic E-state index is 12.5. The Morgan fingerprint density at radius 1 is 1.50 bits per heavy atom. The van der Waals surface area contributed by atoms with E-state index in [2.05, 4.69) is 5.16 Å². The van der Waals surface area contributed by atoms with Gasteiger partial charge in [0, 0.05) is 10.5 Å². The minimum Gasteiger partial charge on any atom is -0.410 e. The van der Waals surface area contributed by atoms with Crippen molar-refractivity contribution in [3.63, 3.8) is 0 Å². The fraction of sp³-hybridized carbons (Fsp3) is 0.125. The molecular formula is C8H7FN2O3. The normalized spacial score (nSPS) is 11.4. The molecule has 14 heavy (non-hydrogen) atoms. The molecule has 0 aliphatic rings. The molecule has 0 fully saturated rings. The van der Waals surface area contributed by atoms with Crippen LogP contribution in [0.3, 0.4) is 0 Å². The average molecular weight is 198 g/mol. The lowest BCUT2D eigenvalue weighted by Gasteiger charge is -1.98. The molecule has 6 heteroatoms. The molecule has 0 saturated carbocycles. The van der Waals surface area contributed by atoms with Gasteiger partial charge in [0.1, 0.15) is 5.82 Å². The lowest BCUT2D eigenvalue weighted by Crippen LogP contribution is -2.15. The molecule has 0 unspecified atom stereocenters. The van der Waals surface area contributed by atoms with Crippen LogP contribution in [0.4, 0.5) is 4.39 Å². The van der Waals surface area contributed by atoms with Crippen molar-refractivity contribution in [3.05, 3.63) is 45.8 Å². The number of halogens is 1. The second-order valence-electron chi connectivity index (χ2n) is 2.54. The van der Waals surface area contributed by atoms with Crippen molar-refractivity contribution in [1.82, 2.24) is 0 Å². The Labute approximate surface area is 78.6 Å². The standard InChI is InChI=1S/C8H7FN2O3/c9-7-3-1-6(2-4-7)8(10-12)5-11(13)14/h1-4,12H,5H2/b10-8-. The maximum Gasteiger partial charge on any atom is 0.249 e. The van der Waals surface area contributed by atoms with Crippen LogP contribution in [0, 0.1) is 15.9 Å². The van der Waals surface area contributed by atoms with Gasteiger partial charge in [0.15, 0.2) is 5.71 Å². The lowest BCUT2D eigenvalue weighted by molar-refractivity contribution is -0.463. The first kappa shape index (κ1) is 10.1. The Balaban J connectivity index is 2.91. The number of hydrogen-bond donors (Lipinski definition) is 1. The van der Waals surface area contributed by atoms with Crippen LogP contribution >= 0.6 is 0 Å². The van der Waals surface area contributed by atoms with Gasteiger partial charge in [0.25, 0.3) is 0 Å². The van der Waals surface area contributed by atoms with E-state index in [1.165, 1.54) is 12.1 Å². The van der Waals surface area contributed by atoms with Crippen LogP contribution in [-0.4, -0.2) is 22.4 Å². The Morgan fingerprint density at radius 2 is 2.07 bits per heavy atom. The summed E-state index contributed by atoms with van der Waals surface area (Å²) in [5, 5.41) is 21.4. The van der Waals surface area contributed by atoms with Crippen molar-refractivity contribution in [3.8, 4) is 0 Å². The average Bonchev–Trinajstić information content (AvgIpc) is 2.15. The minimum atomic E-state index is -0.627. The van der Waals surface area contributed by atoms with Crippen molar-refractivity contribution in [2.45, 2.75) is 0 Å². The zero-order valence-electron chi connectivity index (χ0n) is 7.05. The molecule has 0 radical (unpaired) electrons. The molecule has 0 saturated heterocycles. The van der Waals surface area contributed by atoms with Crippen LogP contribution in [0.5, 0.6) is 0 Å². The molecule has 1 rings (SSSR count). The SMILES string of the molecule is O=[N+]([O-])C/C(=N/O)c1ccc(F)cc1. The Morgan fingerprint density at radius 3 is 2.50 bits per heavy atom. The molecule has 0 heterocycles. The summed E-state index contributed by atoms with van der Waals surface area (Å²) in [4.78, 5) is 9.52. The Bertz CT molecular complexity index is 361. The van der Waals surface area contributed by atoms with Gasteiger partial charge in [-0.2, -0.15) is 0 Å². The number of nitro groups is 1. The van der Waals surface area contributed by atoms with Crippen molar-refractivity contribution < 1.29 is 14.5 Å². The number of rotatable bonds is 3. The van der Waals surface area contributed by atoms with E-state index in [9.17, 15) is 14.5 Å². The second-order valence-corrected chi connectivity index (χ2v) is 2.54. The van der Waals surface area contributed by atoms with E-state index in [0.29, 0.717) is 5.56 Å². The van der Waals surface area contributed by atoms with Crippen LogP contribution in [-0.2, 0) is 0 Å². The first-order valence-corrected chi connectivity index (χ1v) is 3.72. The molecule has 74 valence electrons. The molecule has 0 aromatic heterocycles. The van der Waals surface area contributed by atoms with Crippen LogP contribution in [0.2, 0.25) is 0 Å². The van der Waals surface area contributed by atoms with Gasteiger partial charge in [0.2, 0.25) is 6.54 Å². The number of hydrogen-bond acceptors (Lipinski definition) is 4. The van der Waals surface area contributed by atoms with E-state index in [-0.39, 0.29) is 5.71 Å². The Hall–Kier alpha value is -1.98. The molecule has 0 aliphatic carbocycles. The van der Waals surface area contributed by atoms with Gasteiger partial charge >= 0.3 is 0 Å². The van der Waals surface area contributed by atoms with Gasteiger partial charge in [-0.15, -0.1) is 0 Å². The highest BCUT2D eigenvalue weighted by Gasteiger charge is 2.10. The highest BCUT2D eigenvalue weighted by molar-refractivity contribution is 6.00. The molecule has 1 aromatic rings. The molecule has 0 aliphatic heterocycles. The number of oxime groups is 1. The van der Waals surface area contributed by atoms with Crippen molar-refractivity contribution >= 4 is 5.71 Å². The summed E-state index contributed by atoms with van der Waals surface area (Å²) in [5.41, 5.74) is 0.223. The highest BCUT2D eigenvalue weighted by Crippen LogP contribution is 2.04. The monoisotopic (exact) mass is 198 g/mol. The fourth-order valence-electron chi connectivity index (χ4n) is 0.945. The third-order valence-electron chi connectivity index (χ3n) is 1.58. The van der Waals surface area contributed by atoms with Gasteiger partial charge in [-0.1, -0.05) is 5.16 Å². The number of benzene rings is 1. The van der Waals surface area contributed by atoms with E-state index >= 15 is 0 Å². The highest BCUT2D eigenvalue weighted by atomic mass is 19.1. The van der Waals surface area contributed by atoms with Crippen LogP contribution < -0.4 is 0 Å². The predicted octanol–water partition coefficient (Wildman–Crippen LogP) is 1.28. The molecule has 0 bridgehead atoms. The van der Waals surface area contributed by atoms with Crippen molar-refractivity contribution in [2.24, 2.45) is 5.16 Å². The van der Waals surface area contributed by atoms with Crippen molar-refractivity contribution in [1.29, 1.82) is 0 Å². The lowest BCUT2D eigenvalue weighted by atomic mass is 10.1. The van der Waals surface area contributed by atoms with Gasteiger partial charge in [-0.3, -0.25) is 10.1 Å². The topological polar surface area (TPSA) is 75.7 Å². The van der Waals surface area contributed by atoms with E-state index in [0.717, 1.165) is 12.1 Å². The summed E-state index contributed by atoms with van der Waals surface area (Å²) in [5.74, 6) is -0.452. The first-order chi connectivity index (χ1) is 6.63. The van der Waals surface area contributed by atoms with Gasteiger partial charge in [-0.05, 0) is 24.3 Å². The van der Waals surface area contributed by atoms with Crippen LogP contribution in [0.15, 0.2) is 29.4 Å². The van der Waals surface area contributed by atoms with Gasteiger partial charge < -0.3 is 5.21 Å². The third-order valence-corrected chi connectivity index (χ3v) is 1.58. The molecule has 1 aromatic carbocycles. The second kappa shape index (κ2) is 4.31. The molecule has 5 nitrogen and oxygen atoms in total. The van der Waals surface area contributed by atoms with E-state index in [4.69, 9.17) is 5.21 Å². The minimum absolute atomic E-state index is 0.102. The molecule has 0 amide bonds. The van der Waals surface area contributed by atoms with E-state index in [1.807, 2.05) is 0 Å². The fourth-order valence-corrected chi connectivity index (χ4v) is 0.945. The van der Waals surface area contributed by atoms with Crippen LogP contribution in [0.25, 0.3) is 0 Å². The smallest absolute Gasteiger partial charge is 0.249 e. The summed E-state index contributed by atoms with van der Waals surface area (Å²) in [7, 11) is 0. The molecule has 0 atom stereocenters. The van der Waals surface area contributed by atoms with E-state index in [1.54, 1.807) is 0 Å². The predicted molar refractivity (Wildman–Crippen MR) is 46.6 cm³/mol. The van der Waals surface area contributed by atoms with Crippen LogP contribution in [0.1, 0.15) is 5.56 Å². The zero-order chi connectivity index (χ0) is 10.6. The summed E-state index contributed by atoms with van der Waals surface area (Å²) in [6.45, 7) is -0.595. The van der Waals surface area contributed by atoms with Gasteiger partial charge in [-0.25, -0.2) is 4.39 Å². The largest absolute Gasteiger partial charge is 0.410 e. The molecule has 0 spiro atoms. The zero-order valence-corrected chi connectivity index (χ0v) is 7.05. The summed E-state index contributed by atoms with van der Waals surface area (Å²) >= 11 is 0.